The number of carbonyl (C=O) groups excluding carboxylic acids is 1. The maximum Gasteiger partial charge on any atom is 0.255 e. The van der Waals surface area contributed by atoms with E-state index >= 15 is 0 Å². The van der Waals surface area contributed by atoms with Crippen LogP contribution < -0.4 is 9.80 Å². The van der Waals surface area contributed by atoms with Crippen molar-refractivity contribution in [2.24, 2.45) is 0 Å². The Morgan fingerprint density at radius 2 is 1.63 bits per heavy atom. The zero-order valence-corrected chi connectivity index (χ0v) is 22.3. The summed E-state index contributed by atoms with van der Waals surface area (Å²) in [5, 5.41) is 10.3. The Kier molecular flexibility index (Phi) is 7.98. The summed E-state index contributed by atoms with van der Waals surface area (Å²) < 4.78 is 13.2. The van der Waals surface area contributed by atoms with E-state index in [1.165, 1.54) is 12.3 Å². The summed E-state index contributed by atoms with van der Waals surface area (Å²) in [7, 11) is 0. The molecule has 38 heavy (non-hydrogen) atoms. The van der Waals surface area contributed by atoms with Crippen LogP contribution in [0.15, 0.2) is 54.7 Å². The molecule has 196 valence electrons. The highest BCUT2D eigenvalue weighted by molar-refractivity contribution is 6.37. The van der Waals surface area contributed by atoms with Crippen LogP contribution in [0.3, 0.4) is 0 Å². The number of piperazine rings is 2. The molecule has 1 amide bonds. The molecule has 0 spiro atoms. The minimum absolute atomic E-state index is 0.127. The average Bonchev–Trinajstić information content (AvgIpc) is 2.95. The SMILES string of the molecule is N#Cc1ccccc1N1CCN(Cc2cc(C(=O)N3CCN(c4ccc(F)cn4)CC3)c(Cl)cc2Cl)CC1. The lowest BCUT2D eigenvalue weighted by atomic mass is 10.1. The van der Waals surface area contributed by atoms with Gasteiger partial charge in [0.15, 0.2) is 0 Å². The Bertz CT molecular complexity index is 1350. The van der Waals surface area contributed by atoms with E-state index in [0.29, 0.717) is 59.7 Å². The van der Waals surface area contributed by atoms with E-state index in [2.05, 4.69) is 20.9 Å². The lowest BCUT2D eigenvalue weighted by molar-refractivity contribution is 0.0746. The quantitative estimate of drug-likeness (QED) is 0.457. The first kappa shape index (κ1) is 26.2. The monoisotopic (exact) mass is 552 g/mol. The van der Waals surface area contributed by atoms with Crippen LogP contribution in [0.1, 0.15) is 21.5 Å². The van der Waals surface area contributed by atoms with Crippen molar-refractivity contribution in [3.8, 4) is 6.07 Å². The van der Waals surface area contributed by atoms with E-state index in [0.717, 1.165) is 37.4 Å². The topological polar surface area (TPSA) is 66.7 Å². The summed E-state index contributed by atoms with van der Waals surface area (Å²) in [4.78, 5) is 25.9. The van der Waals surface area contributed by atoms with Crippen molar-refractivity contribution < 1.29 is 9.18 Å². The molecule has 0 atom stereocenters. The molecule has 3 aromatic rings. The number of carbonyl (C=O) groups is 1. The zero-order chi connectivity index (χ0) is 26.6. The molecule has 2 aliphatic rings. The van der Waals surface area contributed by atoms with Gasteiger partial charge in [0.1, 0.15) is 17.7 Å². The molecule has 2 aliphatic heterocycles. The molecule has 0 N–H and O–H groups in total. The van der Waals surface area contributed by atoms with Gasteiger partial charge in [0.25, 0.3) is 5.91 Å². The molecule has 2 fully saturated rings. The number of nitriles is 1. The molecule has 0 bridgehead atoms. The van der Waals surface area contributed by atoms with Crippen molar-refractivity contribution in [2.45, 2.75) is 6.54 Å². The minimum Gasteiger partial charge on any atom is -0.368 e. The number of halogens is 3. The lowest BCUT2D eigenvalue weighted by Crippen LogP contribution is -2.49. The average molecular weight is 553 g/mol. The van der Waals surface area contributed by atoms with Gasteiger partial charge in [-0.25, -0.2) is 9.37 Å². The molecule has 0 saturated carbocycles. The molecule has 1 aromatic heterocycles. The molecule has 2 saturated heterocycles. The van der Waals surface area contributed by atoms with E-state index in [1.807, 2.05) is 35.2 Å². The van der Waals surface area contributed by atoms with Crippen molar-refractivity contribution in [1.82, 2.24) is 14.8 Å². The first-order valence-electron chi connectivity index (χ1n) is 12.5. The molecule has 7 nitrogen and oxygen atoms in total. The van der Waals surface area contributed by atoms with Gasteiger partial charge in [0, 0.05) is 63.9 Å². The molecule has 10 heteroatoms. The smallest absolute Gasteiger partial charge is 0.255 e. The van der Waals surface area contributed by atoms with Crippen LogP contribution in [0.4, 0.5) is 15.9 Å². The predicted molar refractivity (Wildman–Crippen MR) is 147 cm³/mol. The Labute approximate surface area is 231 Å². The molecule has 3 heterocycles. The van der Waals surface area contributed by atoms with Crippen molar-refractivity contribution in [1.29, 1.82) is 5.26 Å². The fraction of sp³-hybridized carbons (Fsp3) is 0.321. The number of hydrogen-bond acceptors (Lipinski definition) is 6. The normalized spacial score (nSPS) is 16.4. The number of aromatic nitrogens is 1. The van der Waals surface area contributed by atoms with Crippen LogP contribution in [0.25, 0.3) is 0 Å². The van der Waals surface area contributed by atoms with Crippen molar-refractivity contribution in [3.05, 3.63) is 87.3 Å². The highest BCUT2D eigenvalue weighted by Gasteiger charge is 2.26. The third-order valence-electron chi connectivity index (χ3n) is 7.10. The maximum atomic E-state index is 13.4. The summed E-state index contributed by atoms with van der Waals surface area (Å²) >= 11 is 13.0. The Morgan fingerprint density at radius 1 is 0.921 bits per heavy atom. The first-order valence-corrected chi connectivity index (χ1v) is 13.3. The molecule has 5 rings (SSSR count). The van der Waals surface area contributed by atoms with Crippen molar-refractivity contribution in [3.63, 3.8) is 0 Å². The van der Waals surface area contributed by atoms with Gasteiger partial charge in [0.2, 0.25) is 0 Å². The Hall–Kier alpha value is -3.38. The van der Waals surface area contributed by atoms with Crippen LogP contribution in [0.5, 0.6) is 0 Å². The van der Waals surface area contributed by atoms with Crippen LogP contribution in [0.2, 0.25) is 10.0 Å². The highest BCUT2D eigenvalue weighted by atomic mass is 35.5. The van der Waals surface area contributed by atoms with Crippen molar-refractivity contribution >= 4 is 40.6 Å². The molecule has 0 unspecified atom stereocenters. The van der Waals surface area contributed by atoms with Crippen LogP contribution >= 0.6 is 23.2 Å². The van der Waals surface area contributed by atoms with E-state index in [1.54, 1.807) is 17.0 Å². The van der Waals surface area contributed by atoms with Gasteiger partial charge >= 0.3 is 0 Å². The Morgan fingerprint density at radius 3 is 2.32 bits per heavy atom. The molecule has 0 aliphatic carbocycles. The van der Waals surface area contributed by atoms with Crippen molar-refractivity contribution in [2.75, 3.05) is 62.2 Å². The summed E-state index contributed by atoms with van der Waals surface area (Å²) in [6.07, 6.45) is 1.20. The first-order chi connectivity index (χ1) is 18.4. The van der Waals surface area contributed by atoms with E-state index in [4.69, 9.17) is 23.2 Å². The number of nitrogens with zero attached hydrogens (tertiary/aromatic N) is 6. The molecule has 0 radical (unpaired) electrons. The fourth-order valence-electron chi connectivity index (χ4n) is 4.97. The van der Waals surface area contributed by atoms with E-state index in [-0.39, 0.29) is 11.7 Å². The van der Waals surface area contributed by atoms with E-state index < -0.39 is 0 Å². The minimum atomic E-state index is -0.373. The molecule has 2 aromatic carbocycles. The number of amides is 1. The number of hydrogen-bond donors (Lipinski definition) is 0. The predicted octanol–water partition coefficient (Wildman–Crippen LogP) is 4.68. The lowest BCUT2D eigenvalue weighted by Gasteiger charge is -2.37. The summed E-state index contributed by atoms with van der Waals surface area (Å²) in [6.45, 7) is 6.03. The van der Waals surface area contributed by atoms with Gasteiger partial charge in [-0.1, -0.05) is 35.3 Å². The van der Waals surface area contributed by atoms with Crippen LogP contribution in [-0.4, -0.2) is 73.0 Å². The maximum absolute atomic E-state index is 13.4. The number of anilines is 2. The second-order valence-electron chi connectivity index (χ2n) is 9.43. The van der Waals surface area contributed by atoms with Gasteiger partial charge in [-0.3, -0.25) is 9.69 Å². The van der Waals surface area contributed by atoms with Gasteiger partial charge in [0.05, 0.1) is 28.0 Å². The number of para-hydroxylation sites is 1. The second-order valence-corrected chi connectivity index (χ2v) is 10.2. The number of pyridine rings is 1. The number of rotatable bonds is 5. The van der Waals surface area contributed by atoms with Gasteiger partial charge < -0.3 is 14.7 Å². The van der Waals surface area contributed by atoms with Gasteiger partial charge in [-0.15, -0.1) is 0 Å². The molecular formula is C28H27Cl2FN6O. The summed E-state index contributed by atoms with van der Waals surface area (Å²) in [6, 6.07) is 16.4. The van der Waals surface area contributed by atoms with Gasteiger partial charge in [-0.05, 0) is 42.0 Å². The van der Waals surface area contributed by atoms with E-state index in [9.17, 15) is 14.4 Å². The van der Waals surface area contributed by atoms with Crippen LogP contribution in [-0.2, 0) is 6.54 Å². The number of benzene rings is 2. The summed E-state index contributed by atoms with van der Waals surface area (Å²) in [5.41, 5.74) is 2.95. The zero-order valence-electron chi connectivity index (χ0n) is 20.8. The third-order valence-corrected chi connectivity index (χ3v) is 7.77. The molecular weight excluding hydrogens is 526 g/mol. The van der Waals surface area contributed by atoms with Gasteiger partial charge in [-0.2, -0.15) is 5.26 Å². The fourth-order valence-corrected chi connectivity index (χ4v) is 5.50. The Balaban J connectivity index is 1.22. The highest BCUT2D eigenvalue weighted by Crippen LogP contribution is 2.29. The summed E-state index contributed by atoms with van der Waals surface area (Å²) in [5.74, 6) is 0.195. The third kappa shape index (κ3) is 5.70. The standard InChI is InChI=1S/C28H27Cl2FN6O/c29-24-16-25(30)23(28(38)37-13-11-36(12-14-37)27-6-5-22(31)18-33-27)15-21(24)19-34-7-9-35(10-8-34)26-4-2-1-3-20(26)17-32/h1-6,15-16,18H,7-14,19H2. The second kappa shape index (κ2) is 11.6. The largest absolute Gasteiger partial charge is 0.368 e. The van der Waals surface area contributed by atoms with Crippen LogP contribution in [0, 0.1) is 17.1 Å².